The van der Waals surface area contributed by atoms with Crippen LogP contribution in [-0.4, -0.2) is 54.7 Å². The Morgan fingerprint density at radius 1 is 1.17 bits per heavy atom. The fourth-order valence-electron chi connectivity index (χ4n) is 3.15. The third kappa shape index (κ3) is 3.62. The van der Waals surface area contributed by atoms with E-state index in [-0.39, 0.29) is 0 Å². The molecule has 1 amide bonds. The molecule has 8 nitrogen and oxygen atoms in total. The van der Waals surface area contributed by atoms with E-state index in [9.17, 15) is 9.90 Å². The summed E-state index contributed by atoms with van der Waals surface area (Å²) >= 11 is 2.14. The van der Waals surface area contributed by atoms with Gasteiger partial charge in [0, 0.05) is 79.1 Å². The number of aliphatic hydroxyl groups is 1. The van der Waals surface area contributed by atoms with Gasteiger partial charge in [0.2, 0.25) is 0 Å². The molecule has 0 aliphatic carbocycles. The van der Waals surface area contributed by atoms with E-state index >= 15 is 0 Å². The van der Waals surface area contributed by atoms with Crippen LogP contribution >= 0.6 is 22.6 Å². The first-order chi connectivity index (χ1) is 13.8. The average molecular weight is 502 g/mol. The van der Waals surface area contributed by atoms with Crippen LogP contribution in [0.25, 0.3) is 33.3 Å². The van der Waals surface area contributed by atoms with Gasteiger partial charge < -0.3 is 15.0 Å². The second-order valence-corrected chi connectivity index (χ2v) is 7.99. The molecule has 0 saturated heterocycles. The molecule has 0 radical (unpaired) electrons. The van der Waals surface area contributed by atoms with E-state index in [2.05, 4.69) is 42.6 Å². The van der Waals surface area contributed by atoms with Crippen LogP contribution in [0.4, 0.5) is 0 Å². The first-order valence-electron chi connectivity index (χ1n) is 8.86. The van der Waals surface area contributed by atoms with Gasteiger partial charge in [-0.2, -0.15) is 5.10 Å². The quantitative estimate of drug-likeness (QED) is 0.330. The maximum atomic E-state index is 12.1. The van der Waals surface area contributed by atoms with Crippen molar-refractivity contribution in [1.82, 2.24) is 29.6 Å². The normalized spacial score (nSPS) is 12.3. The van der Waals surface area contributed by atoms with Gasteiger partial charge in [-0.3, -0.25) is 9.48 Å². The van der Waals surface area contributed by atoms with Crippen LogP contribution in [0.1, 0.15) is 11.7 Å². The summed E-state index contributed by atoms with van der Waals surface area (Å²) in [4.78, 5) is 25.6. The predicted octanol–water partition coefficient (Wildman–Crippen LogP) is 2.75. The zero-order valence-corrected chi connectivity index (χ0v) is 18.2. The average Bonchev–Trinajstić information content (AvgIpc) is 3.32. The fourth-order valence-corrected chi connectivity index (χ4v) is 3.76. The maximum Gasteiger partial charge on any atom is 0.255 e. The summed E-state index contributed by atoms with van der Waals surface area (Å²) in [6.07, 6.45) is 7.70. The van der Waals surface area contributed by atoms with Crippen LogP contribution in [0.2, 0.25) is 0 Å². The van der Waals surface area contributed by atoms with Gasteiger partial charge in [0.25, 0.3) is 5.91 Å². The highest BCUT2D eigenvalue weighted by molar-refractivity contribution is 14.1. The molecule has 148 valence electrons. The molecule has 0 saturated carbocycles. The van der Waals surface area contributed by atoms with Crippen LogP contribution in [0, 0.1) is 3.70 Å². The summed E-state index contributed by atoms with van der Waals surface area (Å²) in [5.74, 6) is -0.392. The summed E-state index contributed by atoms with van der Waals surface area (Å²) in [6, 6.07) is 3.82. The first kappa shape index (κ1) is 19.5. The van der Waals surface area contributed by atoms with Gasteiger partial charge in [-0.25, -0.2) is 9.97 Å². The van der Waals surface area contributed by atoms with Crippen LogP contribution in [-0.2, 0) is 11.8 Å². The highest BCUT2D eigenvalue weighted by Crippen LogP contribution is 2.33. The predicted molar refractivity (Wildman–Crippen MR) is 118 cm³/mol. The topological polar surface area (TPSA) is 99.9 Å². The smallest absolute Gasteiger partial charge is 0.255 e. The molecule has 0 aromatic carbocycles. The lowest BCUT2D eigenvalue weighted by Crippen LogP contribution is -2.28. The number of nitrogens with one attached hydrogen (secondary N) is 1. The molecular weight excluding hydrogens is 483 g/mol. The van der Waals surface area contributed by atoms with E-state index in [1.165, 1.54) is 11.1 Å². The van der Waals surface area contributed by atoms with Crippen molar-refractivity contribution in [2.75, 3.05) is 14.1 Å². The van der Waals surface area contributed by atoms with E-state index < -0.39 is 12.0 Å². The number of halogens is 1. The van der Waals surface area contributed by atoms with E-state index in [0.717, 1.165) is 37.0 Å². The molecular formula is C20H19IN6O2. The first-order valence-corrected chi connectivity index (χ1v) is 9.94. The largest absolute Gasteiger partial charge is 0.378 e. The van der Waals surface area contributed by atoms with Crippen molar-refractivity contribution in [3.05, 3.63) is 52.4 Å². The van der Waals surface area contributed by atoms with E-state index in [4.69, 9.17) is 0 Å². The highest BCUT2D eigenvalue weighted by Gasteiger charge is 2.21. The summed E-state index contributed by atoms with van der Waals surface area (Å²) in [5.41, 5.74) is 4.87. The number of H-pyrrole nitrogens is 1. The second-order valence-electron chi connectivity index (χ2n) is 6.97. The Labute approximate surface area is 180 Å². The van der Waals surface area contributed by atoms with Crippen molar-refractivity contribution in [3.63, 3.8) is 0 Å². The summed E-state index contributed by atoms with van der Waals surface area (Å²) < 4.78 is 2.51. The Balaban J connectivity index is 1.80. The molecule has 0 fully saturated rings. The van der Waals surface area contributed by atoms with Gasteiger partial charge in [0.05, 0.1) is 6.20 Å². The van der Waals surface area contributed by atoms with Crippen molar-refractivity contribution < 1.29 is 9.90 Å². The molecule has 4 rings (SSSR count). The number of likely N-dealkylation sites (N-methyl/N-ethyl adjacent to an activating group) is 1. The molecule has 1 unspecified atom stereocenters. The SMILES string of the molecule is CN(C)C(=O)C(O)c1cnc(I)c(-c2cnc3[nH]cc(-c4cnn(C)c4)c3c2)c1. The Morgan fingerprint density at radius 2 is 1.97 bits per heavy atom. The van der Waals surface area contributed by atoms with Gasteiger partial charge in [-0.1, -0.05) is 0 Å². The zero-order chi connectivity index (χ0) is 20.7. The molecule has 1 atom stereocenters. The Kier molecular flexibility index (Phi) is 5.09. The number of aromatic nitrogens is 5. The van der Waals surface area contributed by atoms with Gasteiger partial charge in [-0.15, -0.1) is 0 Å². The lowest BCUT2D eigenvalue weighted by Gasteiger charge is -2.17. The number of carbonyl (C=O) groups is 1. The van der Waals surface area contributed by atoms with Crippen LogP contribution in [0.15, 0.2) is 43.1 Å². The summed E-state index contributed by atoms with van der Waals surface area (Å²) in [7, 11) is 5.09. The number of fused-ring (bicyclic) bond motifs is 1. The van der Waals surface area contributed by atoms with Gasteiger partial charge >= 0.3 is 0 Å². The lowest BCUT2D eigenvalue weighted by molar-refractivity contribution is -0.137. The highest BCUT2D eigenvalue weighted by atomic mass is 127. The minimum Gasteiger partial charge on any atom is -0.378 e. The second kappa shape index (κ2) is 7.56. The van der Waals surface area contributed by atoms with Crippen molar-refractivity contribution in [1.29, 1.82) is 0 Å². The molecule has 0 aliphatic rings. The van der Waals surface area contributed by atoms with Crippen molar-refractivity contribution in [2.24, 2.45) is 7.05 Å². The number of rotatable bonds is 4. The molecule has 0 bridgehead atoms. The molecule has 0 aliphatic heterocycles. The van der Waals surface area contributed by atoms with Crippen LogP contribution in [0.5, 0.6) is 0 Å². The molecule has 29 heavy (non-hydrogen) atoms. The maximum absolute atomic E-state index is 12.1. The number of hydrogen-bond acceptors (Lipinski definition) is 5. The van der Waals surface area contributed by atoms with Crippen molar-refractivity contribution in [3.8, 4) is 22.3 Å². The number of nitrogens with zero attached hydrogens (tertiary/aromatic N) is 5. The third-order valence-electron chi connectivity index (χ3n) is 4.71. The zero-order valence-electron chi connectivity index (χ0n) is 16.1. The summed E-state index contributed by atoms with van der Waals surface area (Å²) in [5, 5.41) is 15.6. The fraction of sp³-hybridized carbons (Fsp3) is 0.200. The van der Waals surface area contributed by atoms with E-state index in [0.29, 0.717) is 5.56 Å². The monoisotopic (exact) mass is 502 g/mol. The minimum absolute atomic E-state index is 0.392. The van der Waals surface area contributed by atoms with E-state index in [1.807, 2.05) is 31.7 Å². The number of carbonyl (C=O) groups excluding carboxylic acids is 1. The van der Waals surface area contributed by atoms with E-state index in [1.54, 1.807) is 31.0 Å². The number of pyridine rings is 2. The number of hydrogen-bond donors (Lipinski definition) is 2. The summed E-state index contributed by atoms with van der Waals surface area (Å²) in [6.45, 7) is 0. The van der Waals surface area contributed by atoms with Crippen LogP contribution < -0.4 is 0 Å². The molecule has 0 spiro atoms. The molecule has 9 heteroatoms. The van der Waals surface area contributed by atoms with Crippen molar-refractivity contribution in [2.45, 2.75) is 6.10 Å². The van der Waals surface area contributed by atoms with Gasteiger partial charge in [0.1, 0.15) is 9.35 Å². The minimum atomic E-state index is -1.26. The van der Waals surface area contributed by atoms with Gasteiger partial charge in [0.15, 0.2) is 6.10 Å². The number of aromatic amines is 1. The standard InChI is InChI=1S/C20H19IN6O2/c1-26(2)20(29)17(28)12-5-14(18(21)22-7-12)11-4-15-16(9-24-19(15)23-6-11)13-8-25-27(3)10-13/h4-10,17,28H,1-3H3,(H,23,24). The molecule has 4 heterocycles. The Hall–Kier alpha value is -2.79. The number of aryl methyl sites for hydroxylation is 1. The number of aliphatic hydroxyl groups excluding tert-OH is 1. The Morgan fingerprint density at radius 3 is 2.66 bits per heavy atom. The van der Waals surface area contributed by atoms with Gasteiger partial charge in [-0.05, 0) is 34.7 Å². The molecule has 4 aromatic heterocycles. The molecule has 4 aromatic rings. The Bertz CT molecular complexity index is 1210. The lowest BCUT2D eigenvalue weighted by atomic mass is 10.0. The number of amides is 1. The van der Waals surface area contributed by atoms with Crippen molar-refractivity contribution >= 4 is 39.5 Å². The van der Waals surface area contributed by atoms with Crippen LogP contribution in [0.3, 0.4) is 0 Å². The molecule has 2 N–H and O–H groups in total. The third-order valence-corrected chi connectivity index (χ3v) is 5.57.